The van der Waals surface area contributed by atoms with Gasteiger partial charge in [-0.05, 0) is 56.1 Å². The van der Waals surface area contributed by atoms with Gasteiger partial charge in [-0.3, -0.25) is 0 Å². The van der Waals surface area contributed by atoms with Gasteiger partial charge in [0.25, 0.3) is 0 Å². The molecule has 0 saturated heterocycles. The lowest BCUT2D eigenvalue weighted by molar-refractivity contribution is 1.22. The average molecular weight is 387 g/mol. The predicted molar refractivity (Wildman–Crippen MR) is 87.5 cm³/mol. The van der Waals surface area contributed by atoms with Gasteiger partial charge in [0.15, 0.2) is 0 Å². The molecule has 4 heteroatoms. The molecular weight excluding hydrogens is 374 g/mol. The van der Waals surface area contributed by atoms with E-state index in [9.17, 15) is 0 Å². The fraction of sp³-hybridized carbons (Fsp3) is 0.143. The van der Waals surface area contributed by atoms with Crippen LogP contribution in [0.2, 0.25) is 0 Å². The maximum Gasteiger partial charge on any atom is 0.0484 e. The molecule has 2 aromatic carbocycles. The maximum atomic E-state index is 3.56. The van der Waals surface area contributed by atoms with Crippen molar-refractivity contribution in [1.29, 1.82) is 0 Å². The first-order valence-corrected chi connectivity index (χ1v) is 8.20. The molecule has 0 atom stereocenters. The Morgan fingerprint density at radius 3 is 2.28 bits per heavy atom. The maximum absolute atomic E-state index is 3.56. The van der Waals surface area contributed by atoms with Crippen LogP contribution in [0.15, 0.2) is 62.4 Å². The second-order valence-electron chi connectivity index (χ2n) is 3.69. The minimum absolute atomic E-state index is 0.939. The van der Waals surface area contributed by atoms with Gasteiger partial charge in [-0.25, -0.2) is 0 Å². The number of para-hydroxylation sites is 1. The summed E-state index contributed by atoms with van der Waals surface area (Å²) < 4.78 is 2.27. The number of anilines is 1. The summed E-state index contributed by atoms with van der Waals surface area (Å²) in [6, 6.07) is 16.5. The van der Waals surface area contributed by atoms with E-state index >= 15 is 0 Å². The Morgan fingerprint density at radius 1 is 0.889 bits per heavy atom. The normalized spacial score (nSPS) is 10.3. The highest BCUT2D eigenvalue weighted by atomic mass is 79.9. The van der Waals surface area contributed by atoms with Gasteiger partial charge >= 0.3 is 0 Å². The fourth-order valence-electron chi connectivity index (χ4n) is 1.51. The van der Waals surface area contributed by atoms with Crippen LogP contribution in [0.3, 0.4) is 0 Å². The topological polar surface area (TPSA) is 12.0 Å². The smallest absolute Gasteiger partial charge is 0.0484 e. The summed E-state index contributed by atoms with van der Waals surface area (Å²) in [5.41, 5.74) is 1.14. The van der Waals surface area contributed by atoms with Crippen LogP contribution in [0.1, 0.15) is 0 Å². The molecule has 0 aliphatic heterocycles. The molecule has 18 heavy (non-hydrogen) atoms. The molecule has 0 amide bonds. The quantitative estimate of drug-likeness (QED) is 0.544. The molecule has 2 aromatic rings. The molecule has 0 bridgehead atoms. The van der Waals surface area contributed by atoms with Crippen molar-refractivity contribution in [2.24, 2.45) is 0 Å². The lowest BCUT2D eigenvalue weighted by Crippen LogP contribution is -2.04. The number of halogens is 2. The summed E-state index contributed by atoms with van der Waals surface area (Å²) in [7, 11) is 0. The summed E-state index contributed by atoms with van der Waals surface area (Å²) in [5, 5.41) is 3.42. The van der Waals surface area contributed by atoms with E-state index in [0.717, 1.165) is 26.9 Å². The van der Waals surface area contributed by atoms with Crippen LogP contribution in [-0.4, -0.2) is 12.3 Å². The standard InChI is InChI=1S/C14H13Br2NS/c15-11-5-1-3-7-13(11)17-9-10-18-14-8-4-2-6-12(14)16/h1-8,17H,9-10H2. The van der Waals surface area contributed by atoms with Crippen molar-refractivity contribution in [3.8, 4) is 0 Å². The fourth-order valence-corrected chi connectivity index (χ4v) is 3.37. The van der Waals surface area contributed by atoms with E-state index < -0.39 is 0 Å². The molecule has 0 heterocycles. The number of hydrogen-bond donors (Lipinski definition) is 1. The lowest BCUT2D eigenvalue weighted by atomic mass is 10.3. The van der Waals surface area contributed by atoms with Crippen LogP contribution in [0.5, 0.6) is 0 Å². The van der Waals surface area contributed by atoms with Gasteiger partial charge in [-0.15, -0.1) is 11.8 Å². The molecule has 0 radical (unpaired) electrons. The predicted octanol–water partition coefficient (Wildman–Crippen LogP) is 5.42. The monoisotopic (exact) mass is 385 g/mol. The minimum Gasteiger partial charge on any atom is -0.383 e. The van der Waals surface area contributed by atoms with Crippen LogP contribution >= 0.6 is 43.6 Å². The van der Waals surface area contributed by atoms with Crippen molar-refractivity contribution < 1.29 is 0 Å². The Balaban J connectivity index is 1.80. The number of hydrogen-bond acceptors (Lipinski definition) is 2. The third-order valence-electron chi connectivity index (χ3n) is 2.39. The van der Waals surface area contributed by atoms with Gasteiger partial charge in [0.1, 0.15) is 0 Å². The highest BCUT2D eigenvalue weighted by Crippen LogP contribution is 2.27. The van der Waals surface area contributed by atoms with E-state index in [4.69, 9.17) is 0 Å². The van der Waals surface area contributed by atoms with Crippen LogP contribution in [0.4, 0.5) is 5.69 Å². The van der Waals surface area contributed by atoms with Crippen LogP contribution in [0.25, 0.3) is 0 Å². The van der Waals surface area contributed by atoms with Gasteiger partial charge in [0.05, 0.1) is 0 Å². The SMILES string of the molecule is Brc1ccccc1NCCSc1ccccc1Br. The van der Waals surface area contributed by atoms with Crippen LogP contribution in [-0.2, 0) is 0 Å². The molecule has 0 aliphatic rings. The highest BCUT2D eigenvalue weighted by molar-refractivity contribution is 9.10. The zero-order valence-corrected chi connectivity index (χ0v) is 13.7. The van der Waals surface area contributed by atoms with Crippen molar-refractivity contribution in [3.05, 3.63) is 57.5 Å². The molecule has 0 aliphatic carbocycles. The Morgan fingerprint density at radius 2 is 1.56 bits per heavy atom. The summed E-state index contributed by atoms with van der Waals surface area (Å²) in [6.45, 7) is 0.939. The molecular formula is C14H13Br2NS. The summed E-state index contributed by atoms with van der Waals surface area (Å²) in [4.78, 5) is 1.28. The van der Waals surface area contributed by atoms with Gasteiger partial charge in [-0.1, -0.05) is 24.3 Å². The molecule has 94 valence electrons. The highest BCUT2D eigenvalue weighted by Gasteiger charge is 2.00. The van der Waals surface area contributed by atoms with Gasteiger partial charge in [-0.2, -0.15) is 0 Å². The second kappa shape index (κ2) is 7.22. The average Bonchev–Trinajstić information content (AvgIpc) is 2.38. The third-order valence-corrected chi connectivity index (χ3v) is 5.11. The summed E-state index contributed by atoms with van der Waals surface area (Å²) in [6.07, 6.45) is 0. The Bertz CT molecular complexity index is 469. The van der Waals surface area contributed by atoms with E-state index in [1.807, 2.05) is 36.0 Å². The van der Waals surface area contributed by atoms with E-state index in [-0.39, 0.29) is 0 Å². The Labute approximate surface area is 129 Å². The molecule has 0 fully saturated rings. The largest absolute Gasteiger partial charge is 0.383 e. The van der Waals surface area contributed by atoms with Crippen molar-refractivity contribution in [1.82, 2.24) is 0 Å². The molecule has 0 spiro atoms. The summed E-state index contributed by atoms with van der Waals surface area (Å²) >= 11 is 8.93. The molecule has 0 unspecified atom stereocenters. The molecule has 0 aromatic heterocycles. The van der Waals surface area contributed by atoms with Crippen molar-refractivity contribution in [3.63, 3.8) is 0 Å². The number of nitrogens with one attached hydrogen (secondary N) is 1. The molecule has 1 nitrogen and oxygen atoms in total. The van der Waals surface area contributed by atoms with E-state index in [1.165, 1.54) is 4.90 Å². The van der Waals surface area contributed by atoms with Gasteiger partial charge in [0.2, 0.25) is 0 Å². The number of rotatable bonds is 5. The van der Waals surface area contributed by atoms with Crippen molar-refractivity contribution >= 4 is 49.3 Å². The first kappa shape index (κ1) is 14.0. The Hall–Kier alpha value is -0.450. The zero-order valence-electron chi connectivity index (χ0n) is 9.70. The number of thioether (sulfide) groups is 1. The molecule has 2 rings (SSSR count). The van der Waals surface area contributed by atoms with Gasteiger partial charge < -0.3 is 5.32 Å². The van der Waals surface area contributed by atoms with Crippen LogP contribution in [0, 0.1) is 0 Å². The zero-order chi connectivity index (χ0) is 12.8. The van der Waals surface area contributed by atoms with E-state index in [0.29, 0.717) is 0 Å². The first-order valence-electron chi connectivity index (χ1n) is 5.63. The molecule has 1 N–H and O–H groups in total. The van der Waals surface area contributed by atoms with Crippen molar-refractivity contribution in [2.75, 3.05) is 17.6 Å². The van der Waals surface area contributed by atoms with Crippen LogP contribution < -0.4 is 5.32 Å². The van der Waals surface area contributed by atoms with Crippen molar-refractivity contribution in [2.45, 2.75) is 4.90 Å². The lowest BCUT2D eigenvalue weighted by Gasteiger charge is -2.08. The number of benzene rings is 2. The first-order chi connectivity index (χ1) is 8.77. The van der Waals surface area contributed by atoms with E-state index in [1.54, 1.807) is 0 Å². The molecule has 0 saturated carbocycles. The second-order valence-corrected chi connectivity index (χ2v) is 6.53. The Kier molecular flexibility index (Phi) is 5.60. The minimum atomic E-state index is 0.939. The summed E-state index contributed by atoms with van der Waals surface area (Å²) in [5.74, 6) is 1.03. The van der Waals surface area contributed by atoms with Gasteiger partial charge in [0, 0.05) is 31.8 Å². The van der Waals surface area contributed by atoms with E-state index in [2.05, 4.69) is 61.4 Å². The third kappa shape index (κ3) is 4.04.